The molecule has 0 atom stereocenters. The van der Waals surface area contributed by atoms with Gasteiger partial charge >= 0.3 is 0 Å². The second-order valence-corrected chi connectivity index (χ2v) is 11.1. The van der Waals surface area contributed by atoms with Crippen LogP contribution in [-0.2, 0) is 9.59 Å². The Balaban J connectivity index is 1.82. The van der Waals surface area contributed by atoms with Crippen LogP contribution in [0.2, 0.25) is 0 Å². The van der Waals surface area contributed by atoms with Crippen LogP contribution in [-0.4, -0.2) is 11.8 Å². The number of hydrogen-bond acceptors (Lipinski definition) is 3. The van der Waals surface area contributed by atoms with E-state index in [1.807, 2.05) is 97.1 Å². The lowest BCUT2D eigenvalue weighted by molar-refractivity contribution is -0.120. The average molecular weight is 483 g/mol. The van der Waals surface area contributed by atoms with Gasteiger partial charge in [0.1, 0.15) is 5.03 Å². The van der Waals surface area contributed by atoms with Crippen LogP contribution < -0.4 is 20.8 Å². The van der Waals surface area contributed by atoms with Gasteiger partial charge in [0.2, 0.25) is 0 Å². The minimum atomic E-state index is -2.74. The maximum absolute atomic E-state index is 13.6. The number of carbonyl (C=O) groups is 2. The topological polar surface area (TPSA) is 49.7 Å². The first-order valence-electron chi connectivity index (χ1n) is 10.8. The molecule has 4 aromatic rings. The van der Waals surface area contributed by atoms with Crippen molar-refractivity contribution in [1.29, 1.82) is 0 Å². The summed E-state index contributed by atoms with van der Waals surface area (Å²) in [5, 5.41) is 2.72. The highest BCUT2D eigenvalue weighted by Crippen LogP contribution is 2.49. The first kappa shape index (κ1) is 22.1. The molecule has 4 aromatic carbocycles. The number of rotatable bonds is 5. The summed E-state index contributed by atoms with van der Waals surface area (Å²) in [5.41, 5.74) is 0.448. The summed E-state index contributed by atoms with van der Waals surface area (Å²) in [6, 6.07) is 38.5. The molecule has 0 saturated heterocycles. The summed E-state index contributed by atoms with van der Waals surface area (Å²) in [6.45, 7) is 0. The van der Waals surface area contributed by atoms with Gasteiger partial charge < -0.3 is 0 Å². The molecule has 0 saturated carbocycles. The normalized spacial score (nSPS) is 14.0. The molecule has 4 nitrogen and oxygen atoms in total. The van der Waals surface area contributed by atoms with Crippen LogP contribution in [0.15, 0.2) is 137 Å². The predicted octanol–water partition coefficient (Wildman–Crippen LogP) is 5.19. The molecule has 0 radical (unpaired) electrons. The van der Waals surface area contributed by atoms with Gasteiger partial charge in [-0.1, -0.05) is 121 Å². The van der Waals surface area contributed by atoms with Crippen molar-refractivity contribution in [1.82, 2.24) is 0 Å². The summed E-state index contributed by atoms with van der Waals surface area (Å²) in [7, 11) is -2.74. The molecule has 0 unspecified atom stereocenters. The number of para-hydroxylation sites is 1. The van der Waals surface area contributed by atoms with Crippen LogP contribution >= 0.6 is 18.7 Å². The van der Waals surface area contributed by atoms with E-state index >= 15 is 0 Å². The highest BCUT2D eigenvalue weighted by molar-refractivity contribution is 7.87. The molecule has 0 bridgehead atoms. The lowest BCUT2D eigenvalue weighted by Crippen LogP contribution is -2.31. The Morgan fingerprint density at radius 1 is 0.559 bits per heavy atom. The molecular formula is C28H20ClN2O2P. The van der Waals surface area contributed by atoms with Crippen molar-refractivity contribution < 1.29 is 9.59 Å². The molecule has 1 aliphatic heterocycles. The molecule has 0 aromatic heterocycles. The lowest BCUT2D eigenvalue weighted by atomic mass is 10.3. The van der Waals surface area contributed by atoms with E-state index in [0.29, 0.717) is 5.69 Å². The molecule has 0 fully saturated rings. The summed E-state index contributed by atoms with van der Waals surface area (Å²) >= 11 is 6.53. The monoisotopic (exact) mass is 482 g/mol. The summed E-state index contributed by atoms with van der Waals surface area (Å²) < 4.78 is 5.15. The number of anilines is 1. The van der Waals surface area contributed by atoms with Gasteiger partial charge in [0, 0.05) is 15.9 Å². The minimum Gasteiger partial charge on any atom is -0.267 e. The third kappa shape index (κ3) is 3.71. The number of imide groups is 1. The second kappa shape index (κ2) is 9.26. The smallest absolute Gasteiger partial charge is 0.267 e. The number of nitrogens with zero attached hydrogens (tertiary/aromatic N) is 2. The van der Waals surface area contributed by atoms with Crippen LogP contribution in [0.25, 0.3) is 0 Å². The van der Waals surface area contributed by atoms with E-state index in [1.54, 1.807) is 24.3 Å². The summed E-state index contributed by atoms with van der Waals surface area (Å²) in [5.74, 6) is -1.09. The number of hydrogen-bond donors (Lipinski definition) is 0. The second-order valence-electron chi connectivity index (χ2n) is 7.69. The first-order valence-corrected chi connectivity index (χ1v) is 12.9. The molecular weight excluding hydrogens is 463 g/mol. The van der Waals surface area contributed by atoms with Crippen LogP contribution in [0.3, 0.4) is 0 Å². The van der Waals surface area contributed by atoms with E-state index in [-0.39, 0.29) is 10.7 Å². The molecule has 166 valence electrons. The van der Waals surface area contributed by atoms with Crippen molar-refractivity contribution in [3.8, 4) is 0 Å². The van der Waals surface area contributed by atoms with Crippen molar-refractivity contribution in [2.75, 3.05) is 4.90 Å². The van der Waals surface area contributed by atoms with Gasteiger partial charge in [0.25, 0.3) is 11.8 Å². The number of halogens is 1. The fraction of sp³-hybridized carbons (Fsp3) is 0. The molecule has 2 amide bonds. The Hall–Kier alpha value is -3.72. The zero-order valence-electron chi connectivity index (χ0n) is 18.1. The molecule has 34 heavy (non-hydrogen) atoms. The lowest BCUT2D eigenvalue weighted by Gasteiger charge is -2.27. The third-order valence-electron chi connectivity index (χ3n) is 5.66. The molecule has 0 N–H and O–H groups in total. The Bertz CT molecular complexity index is 1330. The van der Waals surface area contributed by atoms with Crippen LogP contribution in [0.5, 0.6) is 0 Å². The Kier molecular flexibility index (Phi) is 6.02. The molecule has 1 aliphatic rings. The van der Waals surface area contributed by atoms with Crippen LogP contribution in [0.1, 0.15) is 0 Å². The van der Waals surface area contributed by atoms with Crippen LogP contribution in [0, 0.1) is 0 Å². The highest BCUT2D eigenvalue weighted by atomic mass is 35.5. The van der Waals surface area contributed by atoms with E-state index in [4.69, 9.17) is 16.3 Å². The van der Waals surface area contributed by atoms with Gasteiger partial charge in [0.15, 0.2) is 5.70 Å². The van der Waals surface area contributed by atoms with E-state index in [9.17, 15) is 9.59 Å². The van der Waals surface area contributed by atoms with Crippen molar-refractivity contribution in [2.24, 2.45) is 4.74 Å². The van der Waals surface area contributed by atoms with Gasteiger partial charge in [-0.25, -0.2) is 9.64 Å². The zero-order chi connectivity index (χ0) is 23.5. The van der Waals surface area contributed by atoms with E-state index in [2.05, 4.69) is 0 Å². The SMILES string of the molecule is O=C1C(Cl)=C(N=P(c2ccccc2)(c2ccccc2)c2ccccc2)C(=O)N1c1ccccc1. The fourth-order valence-corrected chi connectivity index (χ4v) is 7.90. The largest absolute Gasteiger partial charge is 0.285 e. The summed E-state index contributed by atoms with van der Waals surface area (Å²) in [6.07, 6.45) is 0. The quantitative estimate of drug-likeness (QED) is 0.290. The zero-order valence-corrected chi connectivity index (χ0v) is 19.7. The van der Waals surface area contributed by atoms with Crippen molar-refractivity contribution >= 4 is 52.1 Å². The maximum atomic E-state index is 13.6. The van der Waals surface area contributed by atoms with Crippen molar-refractivity contribution in [3.63, 3.8) is 0 Å². The minimum absolute atomic E-state index is 0.0135. The molecule has 1 heterocycles. The highest BCUT2D eigenvalue weighted by Gasteiger charge is 2.41. The number of benzene rings is 4. The van der Waals surface area contributed by atoms with Gasteiger partial charge in [-0.2, -0.15) is 0 Å². The van der Waals surface area contributed by atoms with Gasteiger partial charge in [-0.05, 0) is 12.1 Å². The average Bonchev–Trinajstić information content (AvgIpc) is 3.11. The van der Waals surface area contributed by atoms with Crippen molar-refractivity contribution in [3.05, 3.63) is 132 Å². The first-order chi connectivity index (χ1) is 16.6. The Morgan fingerprint density at radius 2 is 0.941 bits per heavy atom. The van der Waals surface area contributed by atoms with Gasteiger partial charge in [-0.15, -0.1) is 0 Å². The Morgan fingerprint density at radius 3 is 1.35 bits per heavy atom. The maximum Gasteiger partial charge on any atom is 0.285 e. The fourth-order valence-electron chi connectivity index (χ4n) is 4.09. The van der Waals surface area contributed by atoms with Crippen molar-refractivity contribution in [2.45, 2.75) is 0 Å². The molecule has 6 heteroatoms. The molecule has 0 aliphatic carbocycles. The van der Waals surface area contributed by atoms with E-state index < -0.39 is 18.9 Å². The molecule has 5 rings (SSSR count). The van der Waals surface area contributed by atoms with Crippen LogP contribution in [0.4, 0.5) is 5.69 Å². The molecule has 0 spiro atoms. The Labute approximate surface area is 203 Å². The van der Waals surface area contributed by atoms with Gasteiger partial charge in [-0.3, -0.25) is 9.59 Å². The predicted molar refractivity (Wildman–Crippen MR) is 139 cm³/mol. The number of amides is 2. The summed E-state index contributed by atoms with van der Waals surface area (Å²) in [4.78, 5) is 27.8. The third-order valence-corrected chi connectivity index (χ3v) is 9.64. The van der Waals surface area contributed by atoms with E-state index in [0.717, 1.165) is 20.8 Å². The number of carbonyl (C=O) groups excluding carboxylic acids is 2. The van der Waals surface area contributed by atoms with Gasteiger partial charge in [0.05, 0.1) is 12.7 Å². The van der Waals surface area contributed by atoms with E-state index in [1.165, 1.54) is 0 Å². The standard InChI is InChI=1S/C28H20ClN2O2P/c29-25-26(28(33)31(27(25)32)21-13-5-1-6-14-21)30-34(22-15-7-2-8-16-22,23-17-9-3-10-18-23)24-19-11-4-12-20-24/h1-20H.